The number of nitrogens with zero attached hydrogens (tertiary/aromatic N) is 2. The van der Waals surface area contributed by atoms with Gasteiger partial charge in [0.05, 0.1) is 17.3 Å². The van der Waals surface area contributed by atoms with Gasteiger partial charge >= 0.3 is 6.09 Å². The van der Waals surface area contributed by atoms with Gasteiger partial charge in [-0.15, -0.1) is 0 Å². The molecule has 0 bridgehead atoms. The first-order valence-corrected chi connectivity index (χ1v) is 13.7. The predicted octanol–water partition coefficient (Wildman–Crippen LogP) is 1.95. The van der Waals surface area contributed by atoms with E-state index < -0.39 is 69.7 Å². The Labute approximate surface area is 242 Å². The average molecular weight is 582 g/mol. The number of phenols is 1. The van der Waals surface area contributed by atoms with Crippen molar-refractivity contribution < 1.29 is 44.3 Å². The Bertz CT molecular complexity index is 1530. The van der Waals surface area contributed by atoms with Crippen molar-refractivity contribution in [3.63, 3.8) is 0 Å². The largest absolute Gasteiger partial charge is 0.508 e. The molecular formula is C30H35N3O9. The van der Waals surface area contributed by atoms with Crippen LogP contribution in [0, 0.1) is 11.8 Å². The topological polar surface area (TPSA) is 191 Å². The van der Waals surface area contributed by atoms with Gasteiger partial charge in [-0.25, -0.2) is 4.79 Å². The van der Waals surface area contributed by atoms with Crippen molar-refractivity contribution in [3.05, 3.63) is 51.8 Å². The molecule has 224 valence electrons. The molecule has 0 spiro atoms. The lowest BCUT2D eigenvalue weighted by Gasteiger charge is -2.50. The highest BCUT2D eigenvalue weighted by Gasteiger charge is 2.64. The van der Waals surface area contributed by atoms with Gasteiger partial charge in [-0.1, -0.05) is 6.08 Å². The molecule has 0 aromatic heterocycles. The van der Waals surface area contributed by atoms with Crippen LogP contribution in [0.1, 0.15) is 50.3 Å². The van der Waals surface area contributed by atoms with E-state index in [4.69, 9.17) is 10.5 Å². The Hall–Kier alpha value is -4.16. The molecule has 1 aromatic carbocycles. The standard InChI is InChI=1S/C30H35N3O9/c1-29(2,3)42-28(40)33-10-6-7-17(33)14-8-9-18(34)20-15(14)11-13-12-16-22(32(4)5)24(36)21(27(31)39)26(38)30(16,41)25(37)19(13)23(20)35/h7-9,13,16,22,34-35,38,41H,6,10-12H2,1-5H3,(H2,31,39)/t13-,16-,22-,30-/m0/s1. The molecule has 2 amide bonds. The Morgan fingerprint density at radius 2 is 1.81 bits per heavy atom. The third-order valence-corrected chi connectivity index (χ3v) is 8.48. The van der Waals surface area contributed by atoms with Gasteiger partial charge in [-0.2, -0.15) is 0 Å². The second kappa shape index (κ2) is 9.70. The lowest BCUT2D eigenvalue weighted by atomic mass is 9.57. The SMILES string of the molecule is CN(C)[C@@H]1C(=O)C(C(N)=O)=C(O)[C@@]2(O)C(=O)C3=C(O)c4c(O)ccc(C5=CCCN5C(=O)OC(C)(C)C)c4C[C@H]3C[C@@H]12. The van der Waals surface area contributed by atoms with Crippen LogP contribution in [0.3, 0.4) is 0 Å². The zero-order chi connectivity index (χ0) is 31.0. The van der Waals surface area contributed by atoms with E-state index in [0.29, 0.717) is 29.8 Å². The maximum absolute atomic E-state index is 14.0. The Kier molecular flexibility index (Phi) is 6.78. The van der Waals surface area contributed by atoms with Gasteiger partial charge in [0.2, 0.25) is 5.78 Å². The number of likely N-dealkylation sites (N-methyl/N-ethyl adjacent to an activating group) is 1. The van der Waals surface area contributed by atoms with E-state index in [1.807, 2.05) is 6.08 Å². The summed E-state index contributed by atoms with van der Waals surface area (Å²) >= 11 is 0. The van der Waals surface area contributed by atoms with Crippen LogP contribution in [-0.2, 0) is 25.5 Å². The summed E-state index contributed by atoms with van der Waals surface area (Å²) in [6.45, 7) is 5.64. The summed E-state index contributed by atoms with van der Waals surface area (Å²) < 4.78 is 5.58. The number of nitrogens with two attached hydrogens (primary N) is 1. The summed E-state index contributed by atoms with van der Waals surface area (Å²) in [7, 11) is 3.09. The number of aliphatic hydroxyl groups is 3. The molecule has 0 radical (unpaired) electrons. The lowest BCUT2D eigenvalue weighted by Crippen LogP contribution is -2.65. The number of benzene rings is 1. The normalized spacial score (nSPS) is 27.5. The molecule has 42 heavy (non-hydrogen) atoms. The number of aromatic hydroxyl groups is 1. The number of fused-ring (bicyclic) bond motifs is 3. The number of carbonyl (C=O) groups excluding carboxylic acids is 4. The number of hydrogen-bond acceptors (Lipinski definition) is 10. The number of ether oxygens (including phenoxy) is 1. The van der Waals surface area contributed by atoms with Crippen molar-refractivity contribution in [2.24, 2.45) is 17.6 Å². The van der Waals surface area contributed by atoms with Crippen molar-refractivity contribution >= 4 is 35.0 Å². The monoisotopic (exact) mass is 581 g/mol. The quantitative estimate of drug-likeness (QED) is 0.330. The molecule has 4 aliphatic rings. The predicted molar refractivity (Wildman–Crippen MR) is 150 cm³/mol. The molecule has 1 heterocycles. The summed E-state index contributed by atoms with van der Waals surface area (Å²) in [5.74, 6) is -7.16. The smallest absolute Gasteiger partial charge is 0.414 e. The summed E-state index contributed by atoms with van der Waals surface area (Å²) in [4.78, 5) is 55.4. The molecule has 12 heteroatoms. The van der Waals surface area contributed by atoms with Crippen LogP contribution in [0.2, 0.25) is 0 Å². The first-order chi connectivity index (χ1) is 19.5. The number of amides is 2. The van der Waals surface area contributed by atoms with Crippen LogP contribution in [0.4, 0.5) is 4.79 Å². The molecule has 3 aliphatic carbocycles. The van der Waals surface area contributed by atoms with Crippen LogP contribution < -0.4 is 5.73 Å². The van der Waals surface area contributed by atoms with Gasteiger partial charge in [0.1, 0.15) is 28.4 Å². The minimum Gasteiger partial charge on any atom is -0.508 e. The van der Waals surface area contributed by atoms with E-state index in [1.165, 1.54) is 15.9 Å². The molecule has 1 aliphatic heterocycles. The van der Waals surface area contributed by atoms with Crippen molar-refractivity contribution in [1.29, 1.82) is 0 Å². The van der Waals surface area contributed by atoms with Crippen LogP contribution in [0.15, 0.2) is 35.1 Å². The number of primary amides is 1. The van der Waals surface area contributed by atoms with Gasteiger partial charge in [0, 0.05) is 23.6 Å². The van der Waals surface area contributed by atoms with Crippen molar-refractivity contribution in [2.45, 2.75) is 57.3 Å². The van der Waals surface area contributed by atoms with Crippen molar-refractivity contribution in [3.8, 4) is 5.75 Å². The van der Waals surface area contributed by atoms with Gasteiger partial charge < -0.3 is 30.9 Å². The van der Waals surface area contributed by atoms with E-state index in [2.05, 4.69) is 0 Å². The highest BCUT2D eigenvalue weighted by atomic mass is 16.6. The molecule has 1 fully saturated rings. The Morgan fingerprint density at radius 1 is 1.14 bits per heavy atom. The fourth-order valence-corrected chi connectivity index (χ4v) is 6.81. The molecule has 0 unspecified atom stereocenters. The molecule has 1 aromatic rings. The fraction of sp³-hybridized carbons (Fsp3) is 0.467. The van der Waals surface area contributed by atoms with Crippen LogP contribution in [-0.4, -0.2) is 91.7 Å². The van der Waals surface area contributed by atoms with Crippen molar-refractivity contribution in [2.75, 3.05) is 20.6 Å². The molecular weight excluding hydrogens is 546 g/mol. The zero-order valence-electron chi connectivity index (χ0n) is 24.1. The minimum absolute atomic E-state index is 0.0321. The summed E-state index contributed by atoms with van der Waals surface area (Å²) in [6, 6.07) is 1.79. The fourth-order valence-electron chi connectivity index (χ4n) is 6.81. The van der Waals surface area contributed by atoms with Crippen LogP contribution in [0.5, 0.6) is 5.75 Å². The summed E-state index contributed by atoms with van der Waals surface area (Å²) in [5.41, 5.74) is 2.33. The molecule has 12 nitrogen and oxygen atoms in total. The number of hydrogen-bond donors (Lipinski definition) is 5. The molecule has 5 rings (SSSR count). The first-order valence-electron chi connectivity index (χ1n) is 13.7. The van der Waals surface area contributed by atoms with Crippen LogP contribution >= 0.6 is 0 Å². The molecule has 4 atom stereocenters. The van der Waals surface area contributed by atoms with Gasteiger partial charge in [-0.3, -0.25) is 24.2 Å². The Balaban J connectivity index is 1.66. The maximum Gasteiger partial charge on any atom is 0.414 e. The van der Waals surface area contributed by atoms with Gasteiger partial charge in [0.25, 0.3) is 5.91 Å². The highest BCUT2D eigenvalue weighted by molar-refractivity contribution is 6.24. The van der Waals surface area contributed by atoms with E-state index in [0.717, 1.165) is 0 Å². The highest BCUT2D eigenvalue weighted by Crippen LogP contribution is 2.53. The molecule has 6 N–H and O–H groups in total. The zero-order valence-corrected chi connectivity index (χ0v) is 24.1. The lowest BCUT2D eigenvalue weighted by molar-refractivity contribution is -0.153. The second-order valence-corrected chi connectivity index (χ2v) is 12.5. The molecule has 0 saturated heterocycles. The minimum atomic E-state index is -2.71. The number of rotatable bonds is 3. The third kappa shape index (κ3) is 4.19. The van der Waals surface area contributed by atoms with Crippen LogP contribution in [0.25, 0.3) is 11.5 Å². The van der Waals surface area contributed by atoms with E-state index in [9.17, 15) is 39.6 Å². The number of carbonyl (C=O) groups is 4. The maximum atomic E-state index is 14.0. The second-order valence-electron chi connectivity index (χ2n) is 12.5. The number of ketones is 2. The van der Waals surface area contributed by atoms with E-state index in [-0.39, 0.29) is 29.7 Å². The summed E-state index contributed by atoms with van der Waals surface area (Å²) in [6.07, 6.45) is 1.93. The van der Waals surface area contributed by atoms with Gasteiger partial charge in [0.15, 0.2) is 11.4 Å². The van der Waals surface area contributed by atoms with Gasteiger partial charge in [-0.05, 0) is 77.7 Å². The van der Waals surface area contributed by atoms with E-state index in [1.54, 1.807) is 40.9 Å². The van der Waals surface area contributed by atoms with E-state index >= 15 is 0 Å². The number of phenolic OH excluding ortho intramolecular Hbond substituents is 1. The molecule has 1 saturated carbocycles. The number of Topliss-reactive ketones (excluding diaryl/α,β-unsaturated/α-hetero) is 2. The third-order valence-electron chi connectivity index (χ3n) is 8.48. The first kappa shape index (κ1) is 29.3. The average Bonchev–Trinajstić information content (AvgIpc) is 3.35. The van der Waals surface area contributed by atoms with Crippen molar-refractivity contribution in [1.82, 2.24) is 9.80 Å². The number of aliphatic hydroxyl groups excluding tert-OH is 2. The summed E-state index contributed by atoms with van der Waals surface area (Å²) in [5, 5.41) is 45.1. The Morgan fingerprint density at radius 3 is 2.40 bits per heavy atom.